The largest absolute Gasteiger partial charge is 0.417 e. The zero-order chi connectivity index (χ0) is 21.1. The Hall–Kier alpha value is -3.17. The minimum absolute atomic E-state index is 0.251. The molecule has 0 radical (unpaired) electrons. The van der Waals surface area contributed by atoms with Crippen molar-refractivity contribution in [3.05, 3.63) is 59.7 Å². The number of guanidine groups is 1. The molecular weight excluding hydrogens is 400 g/mol. The topological polar surface area (TPSA) is 47.3 Å². The number of rotatable bonds is 3. The van der Waals surface area contributed by atoms with Crippen LogP contribution in [0, 0.1) is 5.82 Å². The summed E-state index contributed by atoms with van der Waals surface area (Å²) in [4.78, 5) is 18.8. The number of pyridine rings is 1. The SMILES string of the molecule is Fc1ccc(N2CCN(C3=NCN(Cc4ccc(C(F)(F)F)cn4)C=N3)CC2)cc1. The van der Waals surface area contributed by atoms with Crippen molar-refractivity contribution < 1.29 is 17.6 Å². The monoisotopic (exact) mass is 420 g/mol. The third-order valence-electron chi connectivity index (χ3n) is 5.00. The van der Waals surface area contributed by atoms with E-state index >= 15 is 0 Å². The van der Waals surface area contributed by atoms with E-state index < -0.39 is 11.7 Å². The molecule has 2 aliphatic heterocycles. The lowest BCUT2D eigenvalue weighted by Crippen LogP contribution is -2.49. The van der Waals surface area contributed by atoms with Gasteiger partial charge in [0, 0.05) is 38.1 Å². The summed E-state index contributed by atoms with van der Waals surface area (Å²) in [6.45, 7) is 3.73. The molecule has 0 N–H and O–H groups in total. The van der Waals surface area contributed by atoms with Gasteiger partial charge in [0.25, 0.3) is 0 Å². The van der Waals surface area contributed by atoms with Gasteiger partial charge in [0.15, 0.2) is 0 Å². The third kappa shape index (κ3) is 4.69. The molecule has 158 valence electrons. The molecule has 10 heteroatoms. The molecule has 0 bridgehead atoms. The molecule has 2 aromatic rings. The van der Waals surface area contributed by atoms with Gasteiger partial charge in [-0.3, -0.25) is 4.98 Å². The van der Waals surface area contributed by atoms with Crippen molar-refractivity contribution in [1.29, 1.82) is 0 Å². The van der Waals surface area contributed by atoms with Crippen molar-refractivity contribution in [2.45, 2.75) is 12.7 Å². The highest BCUT2D eigenvalue weighted by molar-refractivity contribution is 5.88. The molecule has 2 aliphatic rings. The highest BCUT2D eigenvalue weighted by Gasteiger charge is 2.30. The molecule has 1 saturated heterocycles. The van der Waals surface area contributed by atoms with Gasteiger partial charge >= 0.3 is 6.18 Å². The maximum Gasteiger partial charge on any atom is 0.417 e. The fraction of sp³-hybridized carbons (Fsp3) is 0.350. The molecule has 0 saturated carbocycles. The molecular formula is C20H20F4N6. The van der Waals surface area contributed by atoms with Gasteiger partial charge in [0.2, 0.25) is 5.96 Å². The van der Waals surface area contributed by atoms with Crippen LogP contribution in [0.2, 0.25) is 0 Å². The van der Waals surface area contributed by atoms with E-state index in [0.717, 1.165) is 44.1 Å². The van der Waals surface area contributed by atoms with Gasteiger partial charge in [-0.2, -0.15) is 13.2 Å². The van der Waals surface area contributed by atoms with Crippen molar-refractivity contribution in [2.75, 3.05) is 37.7 Å². The van der Waals surface area contributed by atoms with Crippen LogP contribution < -0.4 is 4.90 Å². The standard InChI is InChI=1S/C20H20F4N6/c21-16-2-5-18(6-3-16)29-7-9-30(10-8-29)19-26-13-28(14-27-19)12-17-4-1-15(11-25-17)20(22,23)24/h1-6,11,13H,7-10,12,14H2. The van der Waals surface area contributed by atoms with Crippen molar-refractivity contribution in [2.24, 2.45) is 9.98 Å². The van der Waals surface area contributed by atoms with Crippen molar-refractivity contribution in [1.82, 2.24) is 14.8 Å². The zero-order valence-electron chi connectivity index (χ0n) is 16.1. The van der Waals surface area contributed by atoms with Gasteiger partial charge in [-0.25, -0.2) is 14.4 Å². The Bertz CT molecular complexity index is 916. The first-order valence-corrected chi connectivity index (χ1v) is 9.49. The fourth-order valence-electron chi connectivity index (χ4n) is 3.35. The quantitative estimate of drug-likeness (QED) is 0.716. The highest BCUT2D eigenvalue weighted by atomic mass is 19.4. The van der Waals surface area contributed by atoms with Gasteiger partial charge in [-0.05, 0) is 36.4 Å². The van der Waals surface area contributed by atoms with Crippen molar-refractivity contribution in [3.8, 4) is 0 Å². The summed E-state index contributed by atoms with van der Waals surface area (Å²) in [5.74, 6) is 0.393. The maximum absolute atomic E-state index is 13.1. The van der Waals surface area contributed by atoms with Crippen molar-refractivity contribution in [3.63, 3.8) is 0 Å². The second-order valence-corrected chi connectivity index (χ2v) is 7.08. The van der Waals surface area contributed by atoms with Gasteiger partial charge in [-0.15, -0.1) is 0 Å². The van der Waals surface area contributed by atoms with Gasteiger partial charge in [-0.1, -0.05) is 0 Å². The summed E-state index contributed by atoms with van der Waals surface area (Å²) in [5, 5.41) is 0. The summed E-state index contributed by atoms with van der Waals surface area (Å²) in [7, 11) is 0. The number of halogens is 4. The molecule has 1 fully saturated rings. The normalized spacial score (nSPS) is 17.3. The lowest BCUT2D eigenvalue weighted by atomic mass is 10.2. The number of hydrogen-bond donors (Lipinski definition) is 0. The Morgan fingerprint density at radius 3 is 2.17 bits per heavy atom. The summed E-state index contributed by atoms with van der Waals surface area (Å²) in [5.41, 5.74) is 0.736. The molecule has 4 rings (SSSR count). The third-order valence-corrected chi connectivity index (χ3v) is 5.00. The molecule has 0 spiro atoms. The van der Waals surface area contributed by atoms with Crippen LogP contribution in [0.1, 0.15) is 11.3 Å². The van der Waals surface area contributed by atoms with Gasteiger partial charge in [0.1, 0.15) is 12.5 Å². The smallest absolute Gasteiger partial charge is 0.368 e. The highest BCUT2D eigenvalue weighted by Crippen LogP contribution is 2.28. The number of alkyl halides is 3. The second-order valence-electron chi connectivity index (χ2n) is 7.08. The first kappa shape index (κ1) is 20.1. The van der Waals surface area contributed by atoms with E-state index in [1.54, 1.807) is 23.4 Å². The lowest BCUT2D eigenvalue weighted by Gasteiger charge is -2.37. The predicted octanol–water partition coefficient (Wildman–Crippen LogP) is 3.22. The van der Waals surface area contributed by atoms with E-state index in [4.69, 9.17) is 0 Å². The summed E-state index contributed by atoms with van der Waals surface area (Å²) in [6, 6.07) is 8.85. The number of aliphatic imine (C=N–C) groups is 2. The van der Waals surface area contributed by atoms with Crippen LogP contribution in [0.4, 0.5) is 23.2 Å². The first-order chi connectivity index (χ1) is 14.4. The number of anilines is 1. The van der Waals surface area contributed by atoms with Crippen molar-refractivity contribution >= 4 is 18.0 Å². The van der Waals surface area contributed by atoms with Crippen LogP contribution in [0.3, 0.4) is 0 Å². The molecule has 30 heavy (non-hydrogen) atoms. The van der Waals surface area contributed by atoms with E-state index in [-0.39, 0.29) is 5.82 Å². The van der Waals surface area contributed by atoms with Crippen LogP contribution in [0.5, 0.6) is 0 Å². The fourth-order valence-corrected chi connectivity index (χ4v) is 3.35. The molecule has 0 amide bonds. The molecule has 0 aliphatic carbocycles. The van der Waals surface area contributed by atoms with E-state index in [1.165, 1.54) is 18.2 Å². The molecule has 1 aromatic heterocycles. The molecule has 1 aromatic carbocycles. The Morgan fingerprint density at radius 2 is 1.60 bits per heavy atom. The number of nitrogens with zero attached hydrogens (tertiary/aromatic N) is 6. The zero-order valence-corrected chi connectivity index (χ0v) is 16.1. The number of aromatic nitrogens is 1. The van der Waals surface area contributed by atoms with E-state index in [1.807, 2.05) is 0 Å². The molecule has 3 heterocycles. The molecule has 0 unspecified atom stereocenters. The van der Waals surface area contributed by atoms with E-state index in [0.29, 0.717) is 24.9 Å². The Kier molecular flexibility index (Phi) is 5.56. The predicted molar refractivity (Wildman–Crippen MR) is 106 cm³/mol. The lowest BCUT2D eigenvalue weighted by molar-refractivity contribution is -0.137. The summed E-state index contributed by atoms with van der Waals surface area (Å²) in [6.07, 6.45) is -1.90. The van der Waals surface area contributed by atoms with Crippen LogP contribution >= 0.6 is 0 Å². The number of hydrogen-bond acceptors (Lipinski definition) is 6. The minimum atomic E-state index is -4.39. The van der Waals surface area contributed by atoms with Crippen LogP contribution in [0.25, 0.3) is 0 Å². The summed E-state index contributed by atoms with van der Waals surface area (Å²) < 4.78 is 50.9. The van der Waals surface area contributed by atoms with Crippen LogP contribution in [0.15, 0.2) is 52.6 Å². The Labute approximate surface area is 171 Å². The number of benzene rings is 1. The summed E-state index contributed by atoms with van der Waals surface area (Å²) >= 11 is 0. The van der Waals surface area contributed by atoms with Crippen LogP contribution in [-0.4, -0.2) is 59.9 Å². The molecule has 0 atom stereocenters. The Morgan fingerprint density at radius 1 is 0.900 bits per heavy atom. The number of piperazine rings is 1. The first-order valence-electron chi connectivity index (χ1n) is 9.49. The maximum atomic E-state index is 13.1. The van der Waals surface area contributed by atoms with Gasteiger partial charge in [0.05, 0.1) is 24.1 Å². The van der Waals surface area contributed by atoms with Gasteiger partial charge < -0.3 is 14.7 Å². The second kappa shape index (κ2) is 8.29. The average Bonchev–Trinajstić information content (AvgIpc) is 2.75. The molecule has 6 nitrogen and oxygen atoms in total. The average molecular weight is 420 g/mol. The Balaban J connectivity index is 1.28. The van der Waals surface area contributed by atoms with Crippen LogP contribution in [-0.2, 0) is 12.7 Å². The van der Waals surface area contributed by atoms with E-state index in [2.05, 4.69) is 24.8 Å². The van der Waals surface area contributed by atoms with E-state index in [9.17, 15) is 17.6 Å². The minimum Gasteiger partial charge on any atom is -0.368 e.